The smallest absolute Gasteiger partial charge is 0.0249 e. The molecule has 0 heterocycles. The molecule has 0 unspecified atom stereocenters. The van der Waals surface area contributed by atoms with E-state index in [4.69, 9.17) is 11.6 Å². The molecule has 0 aromatic rings. The molecule has 0 nitrogen and oxygen atoms in total. The second-order valence-corrected chi connectivity index (χ2v) is 3.89. The van der Waals surface area contributed by atoms with Gasteiger partial charge in [-0.1, -0.05) is 33.6 Å². The molecule has 0 aromatic carbocycles. The molecule has 10 heavy (non-hydrogen) atoms. The van der Waals surface area contributed by atoms with Crippen molar-refractivity contribution in [1.82, 2.24) is 0 Å². The van der Waals surface area contributed by atoms with Crippen LogP contribution in [0.3, 0.4) is 0 Å². The first-order valence-corrected chi connectivity index (χ1v) is 4.76. The summed E-state index contributed by atoms with van der Waals surface area (Å²) in [5.74, 6) is 2.38. The molecule has 0 spiro atoms. The summed E-state index contributed by atoms with van der Waals surface area (Å²) >= 11 is 5.67. The fourth-order valence-electron chi connectivity index (χ4n) is 0.952. The minimum absolute atomic E-state index is 0.709. The van der Waals surface area contributed by atoms with Gasteiger partial charge in [-0.25, -0.2) is 0 Å². The summed E-state index contributed by atoms with van der Waals surface area (Å²) in [6.07, 6.45) is 3.98. The van der Waals surface area contributed by atoms with Gasteiger partial charge in [0.1, 0.15) is 0 Å². The van der Waals surface area contributed by atoms with Crippen LogP contribution in [0.1, 0.15) is 40.0 Å². The molecule has 62 valence electrons. The topological polar surface area (TPSA) is 0 Å². The van der Waals surface area contributed by atoms with Crippen molar-refractivity contribution in [1.29, 1.82) is 0 Å². The van der Waals surface area contributed by atoms with Crippen LogP contribution in [0.4, 0.5) is 0 Å². The molecule has 0 amide bonds. The molecule has 0 radical (unpaired) electrons. The Morgan fingerprint density at radius 1 is 1.10 bits per heavy atom. The van der Waals surface area contributed by atoms with E-state index in [-0.39, 0.29) is 0 Å². The highest BCUT2D eigenvalue weighted by Crippen LogP contribution is 2.12. The van der Waals surface area contributed by atoms with Gasteiger partial charge in [-0.3, -0.25) is 0 Å². The normalized spacial score (nSPS) is 14.1. The molecule has 1 atom stereocenters. The molecular weight excluding hydrogens is 144 g/mol. The van der Waals surface area contributed by atoms with E-state index in [0.717, 1.165) is 11.8 Å². The van der Waals surface area contributed by atoms with Crippen molar-refractivity contribution >= 4 is 11.6 Å². The summed E-state index contributed by atoms with van der Waals surface area (Å²) in [6.45, 7) is 6.75. The summed E-state index contributed by atoms with van der Waals surface area (Å²) in [5, 5.41) is 0. The van der Waals surface area contributed by atoms with Gasteiger partial charge < -0.3 is 0 Å². The predicted molar refractivity (Wildman–Crippen MR) is 48.6 cm³/mol. The zero-order chi connectivity index (χ0) is 7.98. The van der Waals surface area contributed by atoms with Crippen molar-refractivity contribution in [2.75, 3.05) is 5.88 Å². The molecule has 0 rings (SSSR count). The molecule has 0 aliphatic rings. The molecule has 0 aromatic heterocycles. The maximum atomic E-state index is 5.67. The van der Waals surface area contributed by atoms with Crippen LogP contribution >= 0.6 is 11.6 Å². The van der Waals surface area contributed by atoms with Crippen molar-refractivity contribution in [3.05, 3.63) is 0 Å². The average Bonchev–Trinajstić information content (AvgIpc) is 1.87. The van der Waals surface area contributed by atoms with Crippen LogP contribution in [0.5, 0.6) is 0 Å². The zero-order valence-electron chi connectivity index (χ0n) is 7.36. The SMILES string of the molecule is CC(C)CCC[C@@H](C)CCl. The standard InChI is InChI=1S/C9H19Cl/c1-8(2)5-4-6-9(3)7-10/h8-9H,4-7H2,1-3H3/t9-/m1/s1. The first-order valence-electron chi connectivity index (χ1n) is 4.22. The van der Waals surface area contributed by atoms with Gasteiger partial charge in [0.25, 0.3) is 0 Å². The minimum atomic E-state index is 0.709. The zero-order valence-corrected chi connectivity index (χ0v) is 8.12. The highest BCUT2D eigenvalue weighted by molar-refractivity contribution is 6.18. The Labute approximate surface area is 70.0 Å². The number of hydrogen-bond acceptors (Lipinski definition) is 0. The van der Waals surface area contributed by atoms with Crippen LogP contribution in [0.2, 0.25) is 0 Å². The van der Waals surface area contributed by atoms with E-state index in [0.29, 0.717) is 5.92 Å². The number of halogens is 1. The third-order valence-electron chi connectivity index (χ3n) is 1.74. The van der Waals surface area contributed by atoms with E-state index in [1.165, 1.54) is 19.3 Å². The molecular formula is C9H19Cl. The lowest BCUT2D eigenvalue weighted by Gasteiger charge is -2.07. The summed E-state index contributed by atoms with van der Waals surface area (Å²) < 4.78 is 0. The Morgan fingerprint density at radius 3 is 2.10 bits per heavy atom. The van der Waals surface area contributed by atoms with E-state index < -0.39 is 0 Å². The first-order chi connectivity index (χ1) is 4.66. The van der Waals surface area contributed by atoms with Crippen molar-refractivity contribution in [2.45, 2.75) is 40.0 Å². The van der Waals surface area contributed by atoms with Crippen molar-refractivity contribution in [2.24, 2.45) is 11.8 Å². The summed E-state index contributed by atoms with van der Waals surface area (Å²) in [5.41, 5.74) is 0. The monoisotopic (exact) mass is 162 g/mol. The minimum Gasteiger partial charge on any atom is -0.126 e. The number of alkyl halides is 1. The summed E-state index contributed by atoms with van der Waals surface area (Å²) in [6, 6.07) is 0. The van der Waals surface area contributed by atoms with Crippen LogP contribution in [-0.4, -0.2) is 5.88 Å². The Morgan fingerprint density at radius 2 is 1.70 bits per heavy atom. The Balaban J connectivity index is 3.03. The van der Waals surface area contributed by atoms with Crippen LogP contribution in [0.15, 0.2) is 0 Å². The number of rotatable bonds is 5. The first kappa shape index (κ1) is 10.3. The van der Waals surface area contributed by atoms with Crippen molar-refractivity contribution < 1.29 is 0 Å². The van der Waals surface area contributed by atoms with Crippen molar-refractivity contribution in [3.63, 3.8) is 0 Å². The average molecular weight is 163 g/mol. The van der Waals surface area contributed by atoms with Gasteiger partial charge >= 0.3 is 0 Å². The number of hydrogen-bond donors (Lipinski definition) is 0. The maximum Gasteiger partial charge on any atom is 0.0249 e. The van der Waals surface area contributed by atoms with E-state index in [1.807, 2.05) is 0 Å². The third-order valence-corrected chi connectivity index (χ3v) is 2.27. The Bertz CT molecular complexity index is 69.1. The lowest BCUT2D eigenvalue weighted by molar-refractivity contribution is 0.483. The van der Waals surface area contributed by atoms with Gasteiger partial charge in [-0.15, -0.1) is 11.6 Å². The summed E-state index contributed by atoms with van der Waals surface area (Å²) in [4.78, 5) is 0. The van der Waals surface area contributed by atoms with E-state index >= 15 is 0 Å². The van der Waals surface area contributed by atoms with Gasteiger partial charge in [0.15, 0.2) is 0 Å². The van der Waals surface area contributed by atoms with Gasteiger partial charge in [-0.2, -0.15) is 0 Å². The van der Waals surface area contributed by atoms with E-state index in [1.54, 1.807) is 0 Å². The molecule has 0 saturated heterocycles. The fraction of sp³-hybridized carbons (Fsp3) is 1.00. The predicted octanol–water partition coefficient (Wildman–Crippen LogP) is 3.69. The Hall–Kier alpha value is 0.290. The largest absolute Gasteiger partial charge is 0.126 e. The van der Waals surface area contributed by atoms with Gasteiger partial charge in [-0.05, 0) is 18.3 Å². The van der Waals surface area contributed by atoms with Gasteiger partial charge in [0.05, 0.1) is 0 Å². The second-order valence-electron chi connectivity index (χ2n) is 3.58. The molecule has 0 aliphatic carbocycles. The van der Waals surface area contributed by atoms with Crippen LogP contribution in [0, 0.1) is 11.8 Å². The third kappa shape index (κ3) is 6.41. The summed E-state index contributed by atoms with van der Waals surface area (Å²) in [7, 11) is 0. The molecule has 0 saturated carbocycles. The molecule has 1 heteroatoms. The van der Waals surface area contributed by atoms with Gasteiger partial charge in [0.2, 0.25) is 0 Å². The van der Waals surface area contributed by atoms with E-state index in [2.05, 4.69) is 20.8 Å². The Kier molecular flexibility index (Phi) is 6.20. The van der Waals surface area contributed by atoms with Crippen molar-refractivity contribution in [3.8, 4) is 0 Å². The molecule has 0 bridgehead atoms. The lowest BCUT2D eigenvalue weighted by Crippen LogP contribution is -1.97. The van der Waals surface area contributed by atoms with Crippen LogP contribution in [0.25, 0.3) is 0 Å². The molecule has 0 aliphatic heterocycles. The lowest BCUT2D eigenvalue weighted by atomic mass is 10.0. The van der Waals surface area contributed by atoms with Crippen LogP contribution in [-0.2, 0) is 0 Å². The second kappa shape index (κ2) is 6.03. The quantitative estimate of drug-likeness (QED) is 0.541. The molecule has 0 fully saturated rings. The van der Waals surface area contributed by atoms with Crippen LogP contribution < -0.4 is 0 Å². The maximum absolute atomic E-state index is 5.67. The highest BCUT2D eigenvalue weighted by atomic mass is 35.5. The fourth-order valence-corrected chi connectivity index (χ4v) is 1.11. The highest BCUT2D eigenvalue weighted by Gasteiger charge is 2.00. The molecule has 0 N–H and O–H groups in total. The van der Waals surface area contributed by atoms with E-state index in [9.17, 15) is 0 Å². The van der Waals surface area contributed by atoms with Gasteiger partial charge in [0, 0.05) is 5.88 Å².